The van der Waals surface area contributed by atoms with E-state index in [1.807, 2.05) is 16.7 Å². The number of aromatic nitrogens is 4. The summed E-state index contributed by atoms with van der Waals surface area (Å²) in [6.45, 7) is 1.32. The maximum Gasteiger partial charge on any atom is 0.320 e. The number of carbonyl (C=O) groups excluding carboxylic acids is 1. The minimum Gasteiger partial charge on any atom is -0.461 e. The monoisotopic (exact) mass is 327 g/mol. The average molecular weight is 327 g/mol. The molecule has 0 saturated heterocycles. The van der Waals surface area contributed by atoms with Crippen LogP contribution in [-0.2, 0) is 11.3 Å². The van der Waals surface area contributed by atoms with Crippen LogP contribution in [0.25, 0.3) is 11.2 Å². The Hall–Kier alpha value is -3.00. The number of hydrogen-bond donors (Lipinski definition) is 1. The van der Waals surface area contributed by atoms with Gasteiger partial charge in [0.2, 0.25) is 0 Å². The Morgan fingerprint density at radius 2 is 2.00 bits per heavy atom. The second kappa shape index (κ2) is 7.05. The van der Waals surface area contributed by atoms with Crippen molar-refractivity contribution in [2.24, 2.45) is 0 Å². The third-order valence-corrected chi connectivity index (χ3v) is 3.46. The molecule has 8 heteroatoms. The number of fused-ring (bicyclic) bond motifs is 1. The molecule has 0 saturated carbocycles. The van der Waals surface area contributed by atoms with Crippen LogP contribution < -0.4 is 10.5 Å². The van der Waals surface area contributed by atoms with Gasteiger partial charge < -0.3 is 19.8 Å². The van der Waals surface area contributed by atoms with E-state index in [9.17, 15) is 4.79 Å². The average Bonchev–Trinajstić information content (AvgIpc) is 2.99. The van der Waals surface area contributed by atoms with E-state index in [1.165, 1.54) is 0 Å². The van der Waals surface area contributed by atoms with Crippen molar-refractivity contribution in [3.63, 3.8) is 0 Å². The highest BCUT2D eigenvalue weighted by molar-refractivity contribution is 5.82. The van der Waals surface area contributed by atoms with Gasteiger partial charge in [-0.3, -0.25) is 4.79 Å². The maximum atomic E-state index is 10.7. The summed E-state index contributed by atoms with van der Waals surface area (Å²) in [5.74, 6) is 0.266. The van der Waals surface area contributed by atoms with E-state index in [4.69, 9.17) is 15.2 Å². The Balaban J connectivity index is 1.88. The molecule has 0 aliphatic heterocycles. The van der Waals surface area contributed by atoms with Gasteiger partial charge in [0.15, 0.2) is 17.0 Å². The quantitative estimate of drug-likeness (QED) is 0.515. The number of ether oxygens (including phenoxy) is 2. The molecule has 3 aromatic rings. The first-order valence-electron chi connectivity index (χ1n) is 7.35. The summed E-state index contributed by atoms with van der Waals surface area (Å²) in [5, 5.41) is 0. The molecule has 0 radical (unpaired) electrons. The highest BCUT2D eigenvalue weighted by atomic mass is 16.5. The Morgan fingerprint density at radius 1 is 1.21 bits per heavy atom. The summed E-state index contributed by atoms with van der Waals surface area (Å²) in [4.78, 5) is 23.4. The fourth-order valence-electron chi connectivity index (χ4n) is 2.24. The van der Waals surface area contributed by atoms with Gasteiger partial charge in [-0.2, -0.15) is 9.97 Å². The SMILES string of the molecule is COCCOc1nc(N)c2ncn(Cc3ccc(C=O)cc3)c2n1. The Kier molecular flexibility index (Phi) is 4.66. The number of nitrogens with zero attached hydrogens (tertiary/aromatic N) is 4. The minimum absolute atomic E-state index is 0.190. The smallest absolute Gasteiger partial charge is 0.320 e. The Labute approximate surface area is 138 Å². The zero-order valence-electron chi connectivity index (χ0n) is 13.2. The lowest BCUT2D eigenvalue weighted by molar-refractivity contribution is 0.112. The second-order valence-corrected chi connectivity index (χ2v) is 5.14. The van der Waals surface area contributed by atoms with E-state index in [0.29, 0.717) is 36.5 Å². The summed E-state index contributed by atoms with van der Waals surface area (Å²) >= 11 is 0. The molecule has 1 aromatic carbocycles. The first kappa shape index (κ1) is 15.9. The molecule has 3 rings (SSSR count). The van der Waals surface area contributed by atoms with Gasteiger partial charge in [0.1, 0.15) is 12.9 Å². The van der Waals surface area contributed by atoms with Crippen molar-refractivity contribution < 1.29 is 14.3 Å². The van der Waals surface area contributed by atoms with Gasteiger partial charge in [0.25, 0.3) is 0 Å². The van der Waals surface area contributed by atoms with Gasteiger partial charge in [-0.15, -0.1) is 0 Å². The summed E-state index contributed by atoms with van der Waals surface area (Å²) in [5.41, 5.74) is 8.69. The topological polar surface area (TPSA) is 105 Å². The number of carbonyl (C=O) groups is 1. The first-order chi connectivity index (χ1) is 11.7. The van der Waals surface area contributed by atoms with Gasteiger partial charge in [-0.25, -0.2) is 4.98 Å². The summed E-state index contributed by atoms with van der Waals surface area (Å²) in [6, 6.07) is 7.50. The predicted octanol–water partition coefficient (Wildman–Crippen LogP) is 1.29. The van der Waals surface area contributed by atoms with Crippen LogP contribution in [0, 0.1) is 0 Å². The molecule has 0 unspecified atom stereocenters. The summed E-state index contributed by atoms with van der Waals surface area (Å²) in [6.07, 6.45) is 2.47. The van der Waals surface area contributed by atoms with E-state index >= 15 is 0 Å². The lowest BCUT2D eigenvalue weighted by Crippen LogP contribution is -2.09. The van der Waals surface area contributed by atoms with Crippen LogP contribution in [0.2, 0.25) is 0 Å². The zero-order valence-corrected chi connectivity index (χ0v) is 13.2. The molecule has 2 aromatic heterocycles. The third-order valence-electron chi connectivity index (χ3n) is 3.46. The van der Waals surface area contributed by atoms with Crippen molar-refractivity contribution in [1.29, 1.82) is 0 Å². The molecule has 0 bridgehead atoms. The normalized spacial score (nSPS) is 10.9. The molecule has 0 spiro atoms. The van der Waals surface area contributed by atoms with Gasteiger partial charge >= 0.3 is 6.01 Å². The summed E-state index contributed by atoms with van der Waals surface area (Å²) in [7, 11) is 1.59. The molecule has 0 aliphatic carbocycles. The Morgan fingerprint density at radius 3 is 2.71 bits per heavy atom. The number of aldehydes is 1. The van der Waals surface area contributed by atoms with Gasteiger partial charge in [0.05, 0.1) is 19.5 Å². The van der Waals surface area contributed by atoms with Gasteiger partial charge in [-0.05, 0) is 5.56 Å². The van der Waals surface area contributed by atoms with Crippen LogP contribution in [0.15, 0.2) is 30.6 Å². The highest BCUT2D eigenvalue weighted by Crippen LogP contribution is 2.20. The summed E-state index contributed by atoms with van der Waals surface area (Å²) < 4.78 is 12.2. The maximum absolute atomic E-state index is 10.7. The Bertz CT molecular complexity index is 845. The number of nitrogen functional groups attached to an aromatic ring is 1. The fraction of sp³-hybridized carbons (Fsp3) is 0.250. The van der Waals surface area contributed by atoms with E-state index in [-0.39, 0.29) is 11.8 Å². The molecule has 2 heterocycles. The van der Waals surface area contributed by atoms with Crippen molar-refractivity contribution in [3.8, 4) is 6.01 Å². The first-order valence-corrected chi connectivity index (χ1v) is 7.35. The number of anilines is 1. The van der Waals surface area contributed by atoms with Crippen molar-refractivity contribution in [2.75, 3.05) is 26.1 Å². The van der Waals surface area contributed by atoms with Crippen LogP contribution in [0.5, 0.6) is 6.01 Å². The molecule has 124 valence electrons. The zero-order chi connectivity index (χ0) is 16.9. The van der Waals surface area contributed by atoms with Crippen molar-refractivity contribution in [1.82, 2.24) is 19.5 Å². The van der Waals surface area contributed by atoms with E-state index in [2.05, 4.69) is 15.0 Å². The predicted molar refractivity (Wildman–Crippen MR) is 88.0 cm³/mol. The molecule has 2 N–H and O–H groups in total. The molecule has 0 atom stereocenters. The van der Waals surface area contributed by atoms with E-state index in [0.717, 1.165) is 11.8 Å². The van der Waals surface area contributed by atoms with Crippen molar-refractivity contribution in [2.45, 2.75) is 6.54 Å². The molecule has 0 aliphatic rings. The fourth-order valence-corrected chi connectivity index (χ4v) is 2.24. The van der Waals surface area contributed by atoms with E-state index in [1.54, 1.807) is 25.6 Å². The van der Waals surface area contributed by atoms with Crippen LogP contribution in [0.1, 0.15) is 15.9 Å². The van der Waals surface area contributed by atoms with Crippen LogP contribution in [0.3, 0.4) is 0 Å². The van der Waals surface area contributed by atoms with Crippen LogP contribution in [0.4, 0.5) is 5.82 Å². The number of benzene rings is 1. The van der Waals surface area contributed by atoms with Gasteiger partial charge in [0, 0.05) is 12.7 Å². The number of imidazole rings is 1. The number of nitrogens with two attached hydrogens (primary N) is 1. The van der Waals surface area contributed by atoms with Crippen LogP contribution >= 0.6 is 0 Å². The largest absolute Gasteiger partial charge is 0.461 e. The molecule has 24 heavy (non-hydrogen) atoms. The minimum atomic E-state index is 0.190. The van der Waals surface area contributed by atoms with Crippen molar-refractivity contribution in [3.05, 3.63) is 41.7 Å². The molecule has 0 fully saturated rings. The number of hydrogen-bond acceptors (Lipinski definition) is 7. The molecular weight excluding hydrogens is 310 g/mol. The standard InChI is InChI=1S/C16H17N5O3/c1-23-6-7-24-16-19-14(17)13-15(20-16)21(10-18-13)8-11-2-4-12(9-22)5-3-11/h2-5,9-10H,6-8H2,1H3,(H2,17,19,20). The lowest BCUT2D eigenvalue weighted by Gasteiger charge is -2.07. The molecule has 0 amide bonds. The van der Waals surface area contributed by atoms with Crippen LogP contribution in [-0.4, -0.2) is 46.1 Å². The number of methoxy groups -OCH3 is 1. The van der Waals surface area contributed by atoms with Gasteiger partial charge in [-0.1, -0.05) is 24.3 Å². The second-order valence-electron chi connectivity index (χ2n) is 5.14. The molecule has 8 nitrogen and oxygen atoms in total. The molecular formula is C16H17N5O3. The third kappa shape index (κ3) is 3.33. The van der Waals surface area contributed by atoms with E-state index < -0.39 is 0 Å². The lowest BCUT2D eigenvalue weighted by atomic mass is 10.1. The highest BCUT2D eigenvalue weighted by Gasteiger charge is 2.12. The number of rotatable bonds is 7. The van der Waals surface area contributed by atoms with Crippen molar-refractivity contribution >= 4 is 23.3 Å².